The number of morpholine rings is 1. The number of ketones is 1. The zero-order valence-electron chi connectivity index (χ0n) is 16.5. The fourth-order valence-electron chi connectivity index (χ4n) is 3.25. The van der Waals surface area contributed by atoms with Crippen molar-refractivity contribution < 1.29 is 14.3 Å². The highest BCUT2D eigenvalue weighted by atomic mass is 16.5. The average Bonchev–Trinajstić information content (AvgIpc) is 3.19. The molecule has 1 N–H and O–H groups in total. The highest BCUT2D eigenvalue weighted by Gasteiger charge is 2.18. The van der Waals surface area contributed by atoms with E-state index in [0.29, 0.717) is 5.82 Å². The van der Waals surface area contributed by atoms with Gasteiger partial charge in [0.2, 0.25) is 0 Å². The van der Waals surface area contributed by atoms with Crippen LogP contribution in [-0.2, 0) is 4.74 Å². The Morgan fingerprint density at radius 1 is 1.03 bits per heavy atom. The van der Waals surface area contributed by atoms with E-state index >= 15 is 0 Å². The zero-order chi connectivity index (χ0) is 20.2. The van der Waals surface area contributed by atoms with Crippen LogP contribution in [0.2, 0.25) is 0 Å². The molecule has 8 nitrogen and oxygen atoms in total. The lowest BCUT2D eigenvalue weighted by molar-refractivity contribution is 0.101. The first-order valence-corrected chi connectivity index (χ1v) is 9.46. The molecule has 1 aliphatic heterocycles. The molecule has 150 valence electrons. The molecule has 0 atom stereocenters. The highest BCUT2D eigenvalue weighted by Crippen LogP contribution is 2.26. The van der Waals surface area contributed by atoms with Crippen molar-refractivity contribution >= 4 is 23.0 Å². The molecule has 0 bridgehead atoms. The molecule has 0 amide bonds. The molecule has 1 fully saturated rings. The van der Waals surface area contributed by atoms with Crippen molar-refractivity contribution in [3.8, 4) is 11.4 Å². The van der Waals surface area contributed by atoms with Gasteiger partial charge in [-0.3, -0.25) is 4.79 Å². The molecule has 1 aromatic heterocycles. The summed E-state index contributed by atoms with van der Waals surface area (Å²) < 4.78 is 12.2. The number of hydrogen-bond acceptors (Lipinski definition) is 7. The topological polar surface area (TPSA) is 81.5 Å². The van der Waals surface area contributed by atoms with E-state index in [1.165, 1.54) is 6.92 Å². The van der Waals surface area contributed by atoms with Crippen molar-refractivity contribution in [2.75, 3.05) is 43.6 Å². The SMILES string of the molecule is COc1ccc(-n2nnc(C(C)=O)c2Nc2ccc(N3CCOCC3)cc2)cc1. The van der Waals surface area contributed by atoms with Gasteiger partial charge in [0.15, 0.2) is 17.3 Å². The number of nitrogens with zero attached hydrogens (tertiary/aromatic N) is 4. The van der Waals surface area contributed by atoms with Crippen LogP contribution in [0.3, 0.4) is 0 Å². The van der Waals surface area contributed by atoms with Crippen molar-refractivity contribution in [2.24, 2.45) is 0 Å². The van der Waals surface area contributed by atoms with E-state index in [-0.39, 0.29) is 11.5 Å². The molecule has 0 spiro atoms. The van der Waals surface area contributed by atoms with Crippen LogP contribution >= 0.6 is 0 Å². The number of aromatic nitrogens is 3. The lowest BCUT2D eigenvalue weighted by Crippen LogP contribution is -2.36. The fourth-order valence-corrected chi connectivity index (χ4v) is 3.25. The number of carbonyl (C=O) groups excluding carboxylic acids is 1. The minimum atomic E-state index is -0.155. The summed E-state index contributed by atoms with van der Waals surface area (Å²) in [5.74, 6) is 1.12. The molecular formula is C21H23N5O3. The van der Waals surface area contributed by atoms with E-state index in [9.17, 15) is 4.79 Å². The van der Waals surface area contributed by atoms with Gasteiger partial charge in [-0.25, -0.2) is 0 Å². The molecule has 2 aromatic carbocycles. The van der Waals surface area contributed by atoms with E-state index in [0.717, 1.165) is 49.1 Å². The fraction of sp³-hybridized carbons (Fsp3) is 0.286. The number of rotatable bonds is 6. The summed E-state index contributed by atoms with van der Waals surface area (Å²) in [4.78, 5) is 14.4. The smallest absolute Gasteiger partial charge is 0.183 e. The Morgan fingerprint density at radius 3 is 2.31 bits per heavy atom. The van der Waals surface area contributed by atoms with Crippen LogP contribution in [0.25, 0.3) is 5.69 Å². The minimum Gasteiger partial charge on any atom is -0.497 e. The highest BCUT2D eigenvalue weighted by molar-refractivity contribution is 5.97. The second kappa shape index (κ2) is 8.32. The lowest BCUT2D eigenvalue weighted by Gasteiger charge is -2.28. The Labute approximate surface area is 169 Å². The maximum absolute atomic E-state index is 12.1. The first-order chi connectivity index (χ1) is 14.2. The molecule has 2 heterocycles. The summed E-state index contributed by atoms with van der Waals surface area (Å²) in [6, 6.07) is 15.5. The second-order valence-corrected chi connectivity index (χ2v) is 6.72. The van der Waals surface area contributed by atoms with Gasteiger partial charge in [0.25, 0.3) is 0 Å². The molecule has 8 heteroatoms. The van der Waals surface area contributed by atoms with E-state index < -0.39 is 0 Å². The van der Waals surface area contributed by atoms with E-state index in [2.05, 4.69) is 32.7 Å². The molecular weight excluding hydrogens is 370 g/mol. The first kappa shape index (κ1) is 18.9. The quantitative estimate of drug-likeness (QED) is 0.645. The predicted molar refractivity (Wildman–Crippen MR) is 111 cm³/mol. The molecule has 0 radical (unpaired) electrons. The van der Waals surface area contributed by atoms with Crippen molar-refractivity contribution in [3.05, 3.63) is 54.2 Å². The summed E-state index contributed by atoms with van der Waals surface area (Å²) >= 11 is 0. The number of benzene rings is 2. The average molecular weight is 393 g/mol. The first-order valence-electron chi connectivity index (χ1n) is 9.46. The van der Waals surface area contributed by atoms with E-state index in [4.69, 9.17) is 9.47 Å². The van der Waals surface area contributed by atoms with Crippen LogP contribution in [0.4, 0.5) is 17.2 Å². The zero-order valence-corrected chi connectivity index (χ0v) is 16.5. The van der Waals surface area contributed by atoms with Crippen LogP contribution in [0.5, 0.6) is 5.75 Å². The van der Waals surface area contributed by atoms with Crippen molar-refractivity contribution in [1.29, 1.82) is 0 Å². The monoisotopic (exact) mass is 393 g/mol. The maximum atomic E-state index is 12.1. The summed E-state index contributed by atoms with van der Waals surface area (Å²) in [7, 11) is 1.62. The number of nitrogens with one attached hydrogen (secondary N) is 1. The third-order valence-electron chi connectivity index (χ3n) is 4.83. The third kappa shape index (κ3) is 4.07. The van der Waals surface area contributed by atoms with Crippen LogP contribution in [0.1, 0.15) is 17.4 Å². The number of ether oxygens (including phenoxy) is 2. The van der Waals surface area contributed by atoms with E-state index in [1.807, 2.05) is 36.4 Å². The maximum Gasteiger partial charge on any atom is 0.183 e. The standard InChI is InChI=1S/C21H23N5O3/c1-15(27)20-21(26(24-23-20)18-7-9-19(28-2)10-8-18)22-16-3-5-17(6-4-16)25-11-13-29-14-12-25/h3-10,22H,11-14H2,1-2H3. The van der Waals surface area contributed by atoms with Crippen molar-refractivity contribution in [2.45, 2.75) is 6.92 Å². The van der Waals surface area contributed by atoms with Gasteiger partial charge in [0, 0.05) is 31.4 Å². The van der Waals surface area contributed by atoms with Crippen LogP contribution in [0, 0.1) is 0 Å². The number of anilines is 3. The molecule has 29 heavy (non-hydrogen) atoms. The van der Waals surface area contributed by atoms with Gasteiger partial charge in [-0.15, -0.1) is 5.10 Å². The van der Waals surface area contributed by atoms with Gasteiger partial charge in [0.05, 0.1) is 26.0 Å². The van der Waals surface area contributed by atoms with Crippen LogP contribution < -0.4 is 15.0 Å². The number of hydrogen-bond donors (Lipinski definition) is 1. The molecule has 0 unspecified atom stereocenters. The second-order valence-electron chi connectivity index (χ2n) is 6.72. The number of Topliss-reactive ketones (excluding diaryl/α,β-unsaturated/α-hetero) is 1. The molecule has 1 saturated heterocycles. The summed E-state index contributed by atoms with van der Waals surface area (Å²) in [6.45, 7) is 4.74. The van der Waals surface area contributed by atoms with Gasteiger partial charge < -0.3 is 19.7 Å². The van der Waals surface area contributed by atoms with Crippen LogP contribution in [0.15, 0.2) is 48.5 Å². The Kier molecular flexibility index (Phi) is 5.44. The molecule has 1 aliphatic rings. The Morgan fingerprint density at radius 2 is 1.69 bits per heavy atom. The minimum absolute atomic E-state index is 0.155. The van der Waals surface area contributed by atoms with Crippen molar-refractivity contribution in [1.82, 2.24) is 15.0 Å². The number of methoxy groups -OCH3 is 1. The van der Waals surface area contributed by atoms with Gasteiger partial charge in [-0.2, -0.15) is 4.68 Å². The lowest BCUT2D eigenvalue weighted by atomic mass is 10.2. The molecule has 4 rings (SSSR count). The molecule has 0 aliphatic carbocycles. The summed E-state index contributed by atoms with van der Waals surface area (Å²) in [6.07, 6.45) is 0. The van der Waals surface area contributed by atoms with Crippen LogP contribution in [-0.4, -0.2) is 54.2 Å². The predicted octanol–water partition coefficient (Wildman–Crippen LogP) is 3.06. The Hall–Kier alpha value is -3.39. The molecule has 0 saturated carbocycles. The molecule has 3 aromatic rings. The van der Waals surface area contributed by atoms with Gasteiger partial charge in [0.1, 0.15) is 5.75 Å². The van der Waals surface area contributed by atoms with Gasteiger partial charge in [-0.1, -0.05) is 5.21 Å². The number of carbonyl (C=O) groups is 1. The normalized spacial score (nSPS) is 13.9. The third-order valence-corrected chi connectivity index (χ3v) is 4.83. The van der Waals surface area contributed by atoms with Gasteiger partial charge >= 0.3 is 0 Å². The Balaban J connectivity index is 1.61. The summed E-state index contributed by atoms with van der Waals surface area (Å²) in [5, 5.41) is 11.5. The summed E-state index contributed by atoms with van der Waals surface area (Å²) in [5.41, 5.74) is 3.06. The van der Waals surface area contributed by atoms with E-state index in [1.54, 1.807) is 11.8 Å². The largest absolute Gasteiger partial charge is 0.497 e. The van der Waals surface area contributed by atoms with Crippen molar-refractivity contribution in [3.63, 3.8) is 0 Å². The van der Waals surface area contributed by atoms with Gasteiger partial charge in [-0.05, 0) is 48.5 Å². The Bertz CT molecular complexity index is 977.